The molecule has 0 aliphatic rings. The third-order valence-corrected chi connectivity index (χ3v) is 3.85. The molecular formula is C17H12BrFN4O. The molecule has 7 heteroatoms. The molecule has 1 aromatic heterocycles. The first-order valence-electron chi connectivity index (χ1n) is 7.03. The molecule has 0 fully saturated rings. The number of benzene rings is 2. The second-order valence-corrected chi connectivity index (χ2v) is 5.68. The van der Waals surface area contributed by atoms with Gasteiger partial charge in [-0.05, 0) is 40.2 Å². The Balaban J connectivity index is 1.79. The molecule has 1 heterocycles. The van der Waals surface area contributed by atoms with Crippen LogP contribution in [0.1, 0.15) is 10.5 Å². The molecule has 120 valence electrons. The summed E-state index contributed by atoms with van der Waals surface area (Å²) in [6.45, 7) is 0. The second kappa shape index (κ2) is 7.18. The van der Waals surface area contributed by atoms with Gasteiger partial charge in [-0.15, -0.1) is 0 Å². The van der Waals surface area contributed by atoms with Crippen LogP contribution in [-0.4, -0.2) is 15.9 Å². The number of hydrogen-bond acceptors (Lipinski definition) is 4. The number of carbonyl (C=O) groups excluding carboxylic acids is 1. The van der Waals surface area contributed by atoms with Gasteiger partial charge in [0.15, 0.2) is 0 Å². The Labute approximate surface area is 146 Å². The molecule has 3 rings (SSSR count). The van der Waals surface area contributed by atoms with Crippen LogP contribution in [0.25, 0.3) is 0 Å². The van der Waals surface area contributed by atoms with Crippen molar-refractivity contribution in [2.45, 2.75) is 0 Å². The van der Waals surface area contributed by atoms with Gasteiger partial charge < -0.3 is 10.6 Å². The van der Waals surface area contributed by atoms with Gasteiger partial charge in [0.2, 0.25) is 0 Å². The van der Waals surface area contributed by atoms with Crippen LogP contribution in [0.4, 0.5) is 21.6 Å². The molecule has 3 aromatic rings. The van der Waals surface area contributed by atoms with E-state index in [-0.39, 0.29) is 17.3 Å². The topological polar surface area (TPSA) is 66.9 Å². The zero-order chi connectivity index (χ0) is 16.9. The molecule has 2 N–H and O–H groups in total. The fourth-order valence-corrected chi connectivity index (χ4v) is 2.38. The molecule has 0 radical (unpaired) electrons. The molecule has 2 aromatic carbocycles. The molecule has 0 atom stereocenters. The lowest BCUT2D eigenvalue weighted by Crippen LogP contribution is -2.14. The predicted molar refractivity (Wildman–Crippen MR) is 93.8 cm³/mol. The summed E-state index contributed by atoms with van der Waals surface area (Å²) in [5.74, 6) is -0.469. The van der Waals surface area contributed by atoms with Gasteiger partial charge in [-0.25, -0.2) is 14.4 Å². The average molecular weight is 387 g/mol. The van der Waals surface area contributed by atoms with Gasteiger partial charge in [-0.2, -0.15) is 0 Å². The average Bonchev–Trinajstić information content (AvgIpc) is 2.59. The summed E-state index contributed by atoms with van der Waals surface area (Å²) in [5, 5.41) is 5.58. The Hall–Kier alpha value is -2.80. The lowest BCUT2D eigenvalue weighted by Gasteiger charge is -2.09. The van der Waals surface area contributed by atoms with Gasteiger partial charge >= 0.3 is 0 Å². The minimum absolute atomic E-state index is 0.166. The number of carbonyl (C=O) groups is 1. The Morgan fingerprint density at radius 3 is 2.46 bits per heavy atom. The van der Waals surface area contributed by atoms with Crippen molar-refractivity contribution in [1.82, 2.24) is 9.97 Å². The van der Waals surface area contributed by atoms with Crippen molar-refractivity contribution in [2.24, 2.45) is 0 Å². The van der Waals surface area contributed by atoms with E-state index in [9.17, 15) is 9.18 Å². The van der Waals surface area contributed by atoms with Crippen LogP contribution in [0.3, 0.4) is 0 Å². The minimum Gasteiger partial charge on any atom is -0.338 e. The standard InChI is InChI=1S/C17H12BrFN4O/c18-11-5-1-3-7-13(11)23-17(24)15-9-16(21-10-20-15)22-14-8-4-2-6-12(14)19/h1-10H,(H,23,24)(H,20,21,22). The number of rotatable bonds is 4. The maximum Gasteiger partial charge on any atom is 0.274 e. The molecule has 1 amide bonds. The number of halogens is 2. The lowest BCUT2D eigenvalue weighted by molar-refractivity contribution is 0.102. The summed E-state index contributed by atoms with van der Waals surface area (Å²) in [5.41, 5.74) is 1.07. The van der Waals surface area contributed by atoms with Crippen LogP contribution >= 0.6 is 15.9 Å². The van der Waals surface area contributed by atoms with E-state index < -0.39 is 5.82 Å². The highest BCUT2D eigenvalue weighted by Crippen LogP contribution is 2.22. The Morgan fingerprint density at radius 2 is 1.71 bits per heavy atom. The highest BCUT2D eigenvalue weighted by molar-refractivity contribution is 9.10. The summed E-state index contributed by atoms with van der Waals surface area (Å²) in [4.78, 5) is 20.3. The zero-order valence-corrected chi connectivity index (χ0v) is 13.9. The van der Waals surface area contributed by atoms with Crippen molar-refractivity contribution in [3.8, 4) is 0 Å². The van der Waals surface area contributed by atoms with E-state index in [0.717, 1.165) is 4.47 Å². The SMILES string of the molecule is O=C(Nc1ccccc1Br)c1cc(Nc2ccccc2F)ncn1. The van der Waals surface area contributed by atoms with Crippen LogP contribution in [-0.2, 0) is 0 Å². The van der Waals surface area contributed by atoms with Crippen molar-refractivity contribution in [2.75, 3.05) is 10.6 Å². The van der Waals surface area contributed by atoms with Crippen molar-refractivity contribution >= 4 is 39.0 Å². The lowest BCUT2D eigenvalue weighted by atomic mass is 10.3. The van der Waals surface area contributed by atoms with E-state index in [4.69, 9.17) is 0 Å². The number of para-hydroxylation sites is 2. The molecule has 24 heavy (non-hydrogen) atoms. The van der Waals surface area contributed by atoms with E-state index in [1.807, 2.05) is 18.2 Å². The zero-order valence-electron chi connectivity index (χ0n) is 12.3. The maximum absolute atomic E-state index is 13.7. The molecule has 0 saturated heterocycles. The number of nitrogens with one attached hydrogen (secondary N) is 2. The van der Waals surface area contributed by atoms with Crippen molar-refractivity contribution in [3.63, 3.8) is 0 Å². The molecule has 0 saturated carbocycles. The summed E-state index contributed by atoms with van der Waals surface area (Å²) in [6, 6.07) is 14.9. The van der Waals surface area contributed by atoms with E-state index in [2.05, 4.69) is 36.5 Å². The highest BCUT2D eigenvalue weighted by atomic mass is 79.9. The van der Waals surface area contributed by atoms with Gasteiger partial charge in [0.05, 0.1) is 11.4 Å². The van der Waals surface area contributed by atoms with Crippen molar-refractivity contribution in [3.05, 3.63) is 76.9 Å². The Morgan fingerprint density at radius 1 is 1.00 bits per heavy atom. The van der Waals surface area contributed by atoms with Crippen molar-refractivity contribution in [1.29, 1.82) is 0 Å². The number of anilines is 3. The predicted octanol–water partition coefficient (Wildman–Crippen LogP) is 4.37. The summed E-state index contributed by atoms with van der Waals surface area (Å²) in [7, 11) is 0. The minimum atomic E-state index is -0.407. The fourth-order valence-electron chi connectivity index (χ4n) is 2.00. The summed E-state index contributed by atoms with van der Waals surface area (Å²) in [6.07, 6.45) is 1.25. The normalized spacial score (nSPS) is 10.2. The van der Waals surface area contributed by atoms with Crippen LogP contribution in [0.5, 0.6) is 0 Å². The largest absolute Gasteiger partial charge is 0.338 e. The van der Waals surface area contributed by atoms with Crippen LogP contribution in [0.15, 0.2) is 65.4 Å². The Bertz CT molecular complexity index is 888. The molecule has 0 unspecified atom stereocenters. The van der Waals surface area contributed by atoms with Crippen LogP contribution in [0, 0.1) is 5.82 Å². The number of amides is 1. The maximum atomic E-state index is 13.7. The van der Waals surface area contributed by atoms with Crippen LogP contribution in [0.2, 0.25) is 0 Å². The highest BCUT2D eigenvalue weighted by Gasteiger charge is 2.11. The Kier molecular flexibility index (Phi) is 4.81. The van der Waals surface area contributed by atoms with Crippen molar-refractivity contribution < 1.29 is 9.18 Å². The number of nitrogens with zero attached hydrogens (tertiary/aromatic N) is 2. The van der Waals surface area contributed by atoms with E-state index in [1.165, 1.54) is 18.5 Å². The van der Waals surface area contributed by atoms with Gasteiger partial charge in [0.25, 0.3) is 5.91 Å². The van der Waals surface area contributed by atoms with E-state index >= 15 is 0 Å². The van der Waals surface area contributed by atoms with E-state index in [1.54, 1.807) is 24.3 Å². The van der Waals surface area contributed by atoms with Gasteiger partial charge in [-0.1, -0.05) is 24.3 Å². The summed E-state index contributed by atoms with van der Waals surface area (Å²) < 4.78 is 14.4. The molecule has 0 aliphatic carbocycles. The first-order valence-corrected chi connectivity index (χ1v) is 7.82. The van der Waals surface area contributed by atoms with Gasteiger partial charge in [-0.3, -0.25) is 4.79 Å². The molecule has 0 bridgehead atoms. The first-order chi connectivity index (χ1) is 11.6. The number of hydrogen-bond donors (Lipinski definition) is 2. The van der Waals surface area contributed by atoms with Gasteiger partial charge in [0, 0.05) is 10.5 Å². The second-order valence-electron chi connectivity index (χ2n) is 4.83. The molecule has 5 nitrogen and oxygen atoms in total. The van der Waals surface area contributed by atoms with Gasteiger partial charge in [0.1, 0.15) is 23.7 Å². The molecular weight excluding hydrogens is 375 g/mol. The quantitative estimate of drug-likeness (QED) is 0.698. The summed E-state index contributed by atoms with van der Waals surface area (Å²) >= 11 is 3.36. The number of aromatic nitrogens is 2. The third-order valence-electron chi connectivity index (χ3n) is 3.16. The molecule has 0 spiro atoms. The fraction of sp³-hybridized carbons (Fsp3) is 0. The monoisotopic (exact) mass is 386 g/mol. The molecule has 0 aliphatic heterocycles. The third kappa shape index (κ3) is 3.75. The first kappa shape index (κ1) is 16.1. The van der Waals surface area contributed by atoms with Crippen LogP contribution < -0.4 is 10.6 Å². The van der Waals surface area contributed by atoms with E-state index in [0.29, 0.717) is 11.5 Å². The smallest absolute Gasteiger partial charge is 0.274 e.